The number of benzene rings is 1. The molecular formula is C15H24N2O2. The minimum Gasteiger partial charge on any atom is -0.384 e. The molecule has 0 aromatic heterocycles. The molecule has 0 saturated carbocycles. The van der Waals surface area contributed by atoms with Crippen LogP contribution in [0.5, 0.6) is 0 Å². The van der Waals surface area contributed by atoms with Crippen LogP contribution in [0, 0.1) is 5.41 Å². The lowest BCUT2D eigenvalue weighted by Crippen LogP contribution is -2.41. The van der Waals surface area contributed by atoms with E-state index in [-0.39, 0.29) is 0 Å². The van der Waals surface area contributed by atoms with Crippen LogP contribution in [0.2, 0.25) is 0 Å². The van der Waals surface area contributed by atoms with E-state index in [1.54, 1.807) is 14.2 Å². The Morgan fingerprint density at radius 2 is 1.89 bits per heavy atom. The van der Waals surface area contributed by atoms with Crippen molar-refractivity contribution in [2.45, 2.75) is 19.8 Å². The molecule has 1 aliphatic rings. The van der Waals surface area contributed by atoms with Gasteiger partial charge in [-0.05, 0) is 30.4 Å². The second-order valence-corrected chi connectivity index (χ2v) is 5.55. The molecule has 1 aromatic carbocycles. The zero-order valence-corrected chi connectivity index (χ0v) is 12.1. The Morgan fingerprint density at radius 3 is 2.53 bits per heavy atom. The Kier molecular flexibility index (Phi) is 4.66. The van der Waals surface area contributed by atoms with E-state index >= 15 is 0 Å². The molecule has 19 heavy (non-hydrogen) atoms. The predicted molar refractivity (Wildman–Crippen MR) is 78.5 cm³/mol. The summed E-state index contributed by atoms with van der Waals surface area (Å²) in [5, 5.41) is 0. The van der Waals surface area contributed by atoms with Gasteiger partial charge in [-0.1, -0.05) is 19.1 Å². The molecule has 0 bridgehead atoms. The van der Waals surface area contributed by atoms with Crippen molar-refractivity contribution in [3.8, 4) is 0 Å². The lowest BCUT2D eigenvalue weighted by molar-refractivity contribution is 0.0731. The zero-order valence-electron chi connectivity index (χ0n) is 12.1. The number of anilines is 2. The maximum absolute atomic E-state index is 5.34. The zero-order chi connectivity index (χ0) is 13.7. The highest BCUT2D eigenvalue weighted by molar-refractivity contribution is 5.69. The molecular weight excluding hydrogens is 240 g/mol. The largest absolute Gasteiger partial charge is 0.384 e. The molecule has 0 spiro atoms. The summed E-state index contributed by atoms with van der Waals surface area (Å²) in [5.41, 5.74) is 5.51. The molecule has 1 saturated heterocycles. The molecule has 4 nitrogen and oxygen atoms in total. The summed E-state index contributed by atoms with van der Waals surface area (Å²) < 4.78 is 5.34. The number of nitrogens with zero attached hydrogens (tertiary/aromatic N) is 1. The number of methoxy groups -OCH3 is 1. The summed E-state index contributed by atoms with van der Waals surface area (Å²) in [5.74, 6) is 0. The summed E-state index contributed by atoms with van der Waals surface area (Å²) in [6, 6.07) is 8.27. The van der Waals surface area contributed by atoms with E-state index in [0.717, 1.165) is 38.2 Å². The third kappa shape index (κ3) is 3.39. The Morgan fingerprint density at radius 1 is 1.21 bits per heavy atom. The van der Waals surface area contributed by atoms with Crippen molar-refractivity contribution >= 4 is 11.4 Å². The summed E-state index contributed by atoms with van der Waals surface area (Å²) in [7, 11) is 3.43. The van der Waals surface area contributed by atoms with Crippen LogP contribution in [-0.2, 0) is 9.57 Å². The van der Waals surface area contributed by atoms with Gasteiger partial charge in [-0.25, -0.2) is 0 Å². The van der Waals surface area contributed by atoms with Crippen LogP contribution in [0.25, 0.3) is 0 Å². The van der Waals surface area contributed by atoms with Gasteiger partial charge >= 0.3 is 0 Å². The molecule has 1 aromatic rings. The number of rotatable bonds is 5. The van der Waals surface area contributed by atoms with Crippen LogP contribution in [0.3, 0.4) is 0 Å². The summed E-state index contributed by atoms with van der Waals surface area (Å²) >= 11 is 0. The molecule has 0 amide bonds. The summed E-state index contributed by atoms with van der Waals surface area (Å²) in [6.07, 6.45) is 2.31. The average Bonchev–Trinajstić information content (AvgIpc) is 2.41. The highest BCUT2D eigenvalue weighted by atomic mass is 16.6. The van der Waals surface area contributed by atoms with E-state index in [1.165, 1.54) is 5.69 Å². The van der Waals surface area contributed by atoms with Crippen molar-refractivity contribution in [3.05, 3.63) is 24.3 Å². The maximum atomic E-state index is 5.34. The Bertz CT molecular complexity index is 401. The first-order valence-electron chi connectivity index (χ1n) is 6.80. The minimum absolute atomic E-state index is 0.314. The van der Waals surface area contributed by atoms with Gasteiger partial charge in [0.25, 0.3) is 0 Å². The maximum Gasteiger partial charge on any atom is 0.0837 e. The molecule has 1 heterocycles. The van der Waals surface area contributed by atoms with E-state index < -0.39 is 0 Å². The van der Waals surface area contributed by atoms with Crippen LogP contribution >= 0.6 is 0 Å². The number of nitrogens with one attached hydrogen (secondary N) is 1. The lowest BCUT2D eigenvalue weighted by atomic mass is 9.81. The molecule has 1 fully saturated rings. The van der Waals surface area contributed by atoms with Gasteiger partial charge in [-0.15, -0.1) is 0 Å². The number of piperidine rings is 1. The van der Waals surface area contributed by atoms with Crippen molar-refractivity contribution in [1.82, 2.24) is 0 Å². The van der Waals surface area contributed by atoms with Crippen molar-refractivity contribution in [1.29, 1.82) is 0 Å². The second-order valence-electron chi connectivity index (χ2n) is 5.55. The van der Waals surface area contributed by atoms with Crippen LogP contribution in [0.15, 0.2) is 24.3 Å². The van der Waals surface area contributed by atoms with Crippen LogP contribution in [0.1, 0.15) is 19.8 Å². The predicted octanol–water partition coefficient (Wildman–Crippen LogP) is 2.91. The molecule has 4 heteroatoms. The monoisotopic (exact) mass is 264 g/mol. The third-order valence-corrected chi connectivity index (χ3v) is 3.92. The standard InChI is InChI=1S/C15H24N2O2/c1-15(12-18-2)8-10-17(11-9-15)14-7-5-4-6-13(14)16-19-3/h4-7,16H,8-12H2,1-3H3. The van der Waals surface area contributed by atoms with Gasteiger partial charge in [0, 0.05) is 20.2 Å². The van der Waals surface area contributed by atoms with Crippen LogP contribution in [-0.4, -0.2) is 33.9 Å². The first-order chi connectivity index (χ1) is 9.18. The van der Waals surface area contributed by atoms with Gasteiger partial charge in [-0.2, -0.15) is 0 Å². The summed E-state index contributed by atoms with van der Waals surface area (Å²) in [6.45, 7) is 5.27. The van der Waals surface area contributed by atoms with Crippen molar-refractivity contribution in [2.75, 3.05) is 44.3 Å². The minimum atomic E-state index is 0.314. The smallest absolute Gasteiger partial charge is 0.0837 e. The first kappa shape index (κ1) is 14.2. The molecule has 1 aliphatic heterocycles. The van der Waals surface area contributed by atoms with Gasteiger partial charge in [0.2, 0.25) is 0 Å². The molecule has 0 unspecified atom stereocenters. The van der Waals surface area contributed by atoms with Crippen molar-refractivity contribution in [3.63, 3.8) is 0 Å². The fourth-order valence-electron chi connectivity index (χ4n) is 2.73. The van der Waals surface area contributed by atoms with Crippen molar-refractivity contribution < 1.29 is 9.57 Å². The number of para-hydroxylation sites is 2. The third-order valence-electron chi connectivity index (χ3n) is 3.92. The van der Waals surface area contributed by atoms with E-state index in [0.29, 0.717) is 5.41 Å². The van der Waals surface area contributed by atoms with E-state index in [1.807, 2.05) is 12.1 Å². The van der Waals surface area contributed by atoms with Gasteiger partial charge in [-0.3, -0.25) is 10.3 Å². The molecule has 2 rings (SSSR count). The highest BCUT2D eigenvalue weighted by Gasteiger charge is 2.30. The van der Waals surface area contributed by atoms with Gasteiger partial charge < -0.3 is 9.64 Å². The van der Waals surface area contributed by atoms with Gasteiger partial charge in [0.05, 0.1) is 25.1 Å². The van der Waals surface area contributed by atoms with Crippen molar-refractivity contribution in [2.24, 2.45) is 5.41 Å². The fourth-order valence-corrected chi connectivity index (χ4v) is 2.73. The molecule has 0 aliphatic carbocycles. The normalized spacial score (nSPS) is 18.4. The quantitative estimate of drug-likeness (QED) is 0.829. The Balaban J connectivity index is 2.05. The van der Waals surface area contributed by atoms with Gasteiger partial charge in [0.15, 0.2) is 0 Å². The molecule has 1 N–H and O–H groups in total. The van der Waals surface area contributed by atoms with E-state index in [9.17, 15) is 0 Å². The second kappa shape index (κ2) is 6.26. The topological polar surface area (TPSA) is 33.7 Å². The summed E-state index contributed by atoms with van der Waals surface area (Å²) in [4.78, 5) is 7.46. The highest BCUT2D eigenvalue weighted by Crippen LogP contribution is 2.35. The van der Waals surface area contributed by atoms with Crippen LogP contribution < -0.4 is 10.4 Å². The first-order valence-corrected chi connectivity index (χ1v) is 6.80. The molecule has 106 valence electrons. The molecule has 0 atom stereocenters. The SMILES string of the molecule is COCC1(C)CCN(c2ccccc2NOC)CC1. The fraction of sp³-hybridized carbons (Fsp3) is 0.600. The number of hydrogen-bond donors (Lipinski definition) is 1. The van der Waals surface area contributed by atoms with Crippen LogP contribution in [0.4, 0.5) is 11.4 Å². The molecule has 0 radical (unpaired) electrons. The number of hydrogen-bond acceptors (Lipinski definition) is 4. The lowest BCUT2D eigenvalue weighted by Gasteiger charge is -2.40. The average molecular weight is 264 g/mol. The number of ether oxygens (including phenoxy) is 1. The van der Waals surface area contributed by atoms with Gasteiger partial charge in [0.1, 0.15) is 0 Å². The Hall–Kier alpha value is -1.26. The Labute approximate surface area is 115 Å². The van der Waals surface area contributed by atoms with E-state index in [2.05, 4.69) is 29.4 Å². The van der Waals surface area contributed by atoms with E-state index in [4.69, 9.17) is 9.57 Å².